The third-order valence-corrected chi connectivity index (χ3v) is 4.94. The second-order valence-electron chi connectivity index (χ2n) is 4.25. The van der Waals surface area contributed by atoms with E-state index in [4.69, 9.17) is 10.6 Å². The van der Waals surface area contributed by atoms with E-state index in [1.165, 1.54) is 19.6 Å². The molecule has 1 unspecified atom stereocenters. The predicted octanol–water partition coefficient (Wildman–Crippen LogP) is 2.84. The van der Waals surface area contributed by atoms with Gasteiger partial charge in [0.2, 0.25) is 0 Å². The van der Waals surface area contributed by atoms with Crippen molar-refractivity contribution in [3.05, 3.63) is 49.2 Å². The van der Waals surface area contributed by atoms with E-state index in [0.29, 0.717) is 0 Å². The first-order valence-electron chi connectivity index (χ1n) is 5.73. The molecule has 3 N–H and O–H groups in total. The number of benzene rings is 1. The molecule has 3 rings (SSSR count). The van der Waals surface area contributed by atoms with Crippen molar-refractivity contribution in [2.75, 3.05) is 6.61 Å². The summed E-state index contributed by atoms with van der Waals surface area (Å²) in [4.78, 5) is 0. The molecule has 1 aliphatic rings. The number of fused-ring (bicyclic) bond motifs is 1. The van der Waals surface area contributed by atoms with Crippen LogP contribution in [0.1, 0.15) is 22.7 Å². The summed E-state index contributed by atoms with van der Waals surface area (Å²) in [6, 6.07) is 8.53. The lowest BCUT2D eigenvalue weighted by molar-refractivity contribution is 0.357. The van der Waals surface area contributed by atoms with E-state index in [-0.39, 0.29) is 6.04 Å². The minimum atomic E-state index is 0.0515. The van der Waals surface area contributed by atoms with Crippen LogP contribution in [0.15, 0.2) is 29.6 Å². The highest BCUT2D eigenvalue weighted by Crippen LogP contribution is 2.32. The zero-order valence-electron chi connectivity index (χ0n) is 9.65. The van der Waals surface area contributed by atoms with Crippen LogP contribution in [0.4, 0.5) is 0 Å². The van der Waals surface area contributed by atoms with Gasteiger partial charge in [0, 0.05) is 6.42 Å². The van der Waals surface area contributed by atoms with Gasteiger partial charge in [0.1, 0.15) is 5.75 Å². The van der Waals surface area contributed by atoms with Crippen LogP contribution in [-0.2, 0) is 6.42 Å². The molecule has 1 aromatic heterocycles. The van der Waals surface area contributed by atoms with Crippen LogP contribution in [0, 0.1) is 2.88 Å². The first kappa shape index (κ1) is 12.4. The van der Waals surface area contributed by atoms with E-state index >= 15 is 0 Å². The van der Waals surface area contributed by atoms with E-state index in [2.05, 4.69) is 51.6 Å². The Morgan fingerprint density at radius 3 is 2.94 bits per heavy atom. The Morgan fingerprint density at radius 2 is 2.22 bits per heavy atom. The average molecular weight is 372 g/mol. The highest BCUT2D eigenvalue weighted by Gasteiger charge is 2.18. The molecule has 1 aromatic carbocycles. The molecule has 0 saturated carbocycles. The highest BCUT2D eigenvalue weighted by molar-refractivity contribution is 14.1. The Hall–Kier alpha value is -0.630. The number of hydrogen-bond acceptors (Lipinski definition) is 4. The fourth-order valence-corrected chi connectivity index (χ4v) is 3.64. The molecular formula is C13H13IN2OS. The molecule has 0 aliphatic carbocycles. The quantitative estimate of drug-likeness (QED) is 0.495. The number of rotatable bonds is 3. The van der Waals surface area contributed by atoms with E-state index in [1.54, 1.807) is 11.3 Å². The molecule has 94 valence electrons. The van der Waals surface area contributed by atoms with Crippen molar-refractivity contribution < 1.29 is 4.74 Å². The summed E-state index contributed by atoms with van der Waals surface area (Å²) in [6.07, 6.45) is 0.988. The topological polar surface area (TPSA) is 47.3 Å². The molecule has 2 heterocycles. The van der Waals surface area contributed by atoms with Crippen molar-refractivity contribution in [3.63, 3.8) is 0 Å². The van der Waals surface area contributed by atoms with E-state index in [9.17, 15) is 0 Å². The zero-order chi connectivity index (χ0) is 12.5. The van der Waals surface area contributed by atoms with Gasteiger partial charge in [-0.2, -0.15) is 0 Å². The summed E-state index contributed by atoms with van der Waals surface area (Å²) in [5.74, 6) is 6.72. The molecule has 1 aliphatic heterocycles. The monoisotopic (exact) mass is 372 g/mol. The van der Waals surface area contributed by atoms with Gasteiger partial charge in [-0.3, -0.25) is 5.84 Å². The maximum absolute atomic E-state index is 5.71. The lowest BCUT2D eigenvalue weighted by Crippen LogP contribution is -2.28. The minimum Gasteiger partial charge on any atom is -0.493 e. The molecule has 1 atom stereocenters. The van der Waals surface area contributed by atoms with Gasteiger partial charge in [-0.25, -0.2) is 5.43 Å². The second-order valence-corrected chi connectivity index (χ2v) is 7.05. The fraction of sp³-hybridized carbons (Fsp3) is 0.231. The van der Waals surface area contributed by atoms with Crippen molar-refractivity contribution in [1.29, 1.82) is 0 Å². The second kappa shape index (κ2) is 5.16. The largest absolute Gasteiger partial charge is 0.493 e. The summed E-state index contributed by atoms with van der Waals surface area (Å²) in [7, 11) is 0. The van der Waals surface area contributed by atoms with Crippen molar-refractivity contribution in [3.8, 4) is 5.75 Å². The highest BCUT2D eigenvalue weighted by atomic mass is 127. The molecule has 18 heavy (non-hydrogen) atoms. The number of nitrogens with one attached hydrogen (secondary N) is 1. The molecular weight excluding hydrogens is 359 g/mol. The van der Waals surface area contributed by atoms with Gasteiger partial charge in [-0.15, -0.1) is 11.3 Å². The van der Waals surface area contributed by atoms with Gasteiger partial charge in [0.15, 0.2) is 0 Å². The van der Waals surface area contributed by atoms with Crippen molar-refractivity contribution in [2.45, 2.75) is 12.5 Å². The Kier molecular flexibility index (Phi) is 3.56. The molecule has 0 radical (unpaired) electrons. The fourth-order valence-electron chi connectivity index (χ4n) is 2.25. The molecule has 5 heteroatoms. The average Bonchev–Trinajstić information content (AvgIpc) is 2.99. The first-order valence-corrected chi connectivity index (χ1v) is 7.69. The minimum absolute atomic E-state index is 0.0515. The molecule has 0 saturated heterocycles. The third kappa shape index (κ3) is 2.27. The van der Waals surface area contributed by atoms with E-state index < -0.39 is 0 Å². The van der Waals surface area contributed by atoms with Gasteiger partial charge >= 0.3 is 0 Å². The van der Waals surface area contributed by atoms with Crippen molar-refractivity contribution >= 4 is 33.9 Å². The number of halogens is 1. The van der Waals surface area contributed by atoms with Crippen LogP contribution in [0.25, 0.3) is 0 Å². The molecule has 0 spiro atoms. The first-order chi connectivity index (χ1) is 8.78. The molecule has 3 nitrogen and oxygen atoms in total. The maximum atomic E-state index is 5.71. The Morgan fingerprint density at radius 1 is 1.33 bits per heavy atom. The summed E-state index contributed by atoms with van der Waals surface area (Å²) >= 11 is 4.06. The van der Waals surface area contributed by atoms with Crippen molar-refractivity contribution in [2.24, 2.45) is 5.84 Å². The lowest BCUT2D eigenvalue weighted by Gasteiger charge is -2.16. The summed E-state index contributed by atoms with van der Waals surface area (Å²) in [5.41, 5.74) is 6.58. The smallest absolute Gasteiger partial charge is 0.122 e. The SMILES string of the molecule is NNC(c1csc(I)c1)c1ccc2c(c1)CCO2. The molecule has 0 amide bonds. The van der Waals surface area contributed by atoms with Gasteiger partial charge in [0.25, 0.3) is 0 Å². The number of ether oxygens (including phenoxy) is 1. The normalized spacial score (nSPS) is 15.2. The summed E-state index contributed by atoms with van der Waals surface area (Å²) < 4.78 is 6.80. The molecule has 0 fully saturated rings. The van der Waals surface area contributed by atoms with Gasteiger partial charge < -0.3 is 4.74 Å². The van der Waals surface area contributed by atoms with Crippen LogP contribution in [0.5, 0.6) is 5.75 Å². The van der Waals surface area contributed by atoms with Crippen LogP contribution in [0.2, 0.25) is 0 Å². The van der Waals surface area contributed by atoms with Gasteiger partial charge in [-0.05, 0) is 56.8 Å². The Balaban J connectivity index is 1.96. The van der Waals surface area contributed by atoms with Crippen LogP contribution >= 0.6 is 33.9 Å². The molecule has 2 aromatic rings. The number of thiophene rings is 1. The maximum Gasteiger partial charge on any atom is 0.122 e. The van der Waals surface area contributed by atoms with Gasteiger partial charge in [-0.1, -0.05) is 12.1 Å². The standard InChI is InChI=1S/C13H13IN2OS/c14-12-6-10(7-18-12)13(16-15)9-1-2-11-8(5-9)3-4-17-11/h1-2,5-7,13,16H,3-4,15H2. The van der Waals surface area contributed by atoms with E-state index in [1.807, 2.05) is 6.07 Å². The molecule has 0 bridgehead atoms. The summed E-state index contributed by atoms with van der Waals surface area (Å²) in [5, 5.41) is 2.15. The van der Waals surface area contributed by atoms with Crippen LogP contribution in [0.3, 0.4) is 0 Å². The Labute approximate surface area is 123 Å². The third-order valence-electron chi connectivity index (χ3n) is 3.13. The van der Waals surface area contributed by atoms with Crippen LogP contribution in [-0.4, -0.2) is 6.61 Å². The number of nitrogens with two attached hydrogens (primary N) is 1. The van der Waals surface area contributed by atoms with Gasteiger partial charge in [0.05, 0.1) is 15.5 Å². The van der Waals surface area contributed by atoms with Crippen molar-refractivity contribution in [1.82, 2.24) is 5.43 Å². The lowest BCUT2D eigenvalue weighted by atomic mass is 9.99. The number of hydrazine groups is 1. The Bertz CT molecular complexity index is 570. The predicted molar refractivity (Wildman–Crippen MR) is 81.8 cm³/mol. The van der Waals surface area contributed by atoms with Crippen LogP contribution < -0.4 is 16.0 Å². The van der Waals surface area contributed by atoms with E-state index in [0.717, 1.165) is 18.8 Å². The summed E-state index contributed by atoms with van der Waals surface area (Å²) in [6.45, 7) is 0.788. The zero-order valence-corrected chi connectivity index (χ0v) is 12.6. The number of hydrogen-bond donors (Lipinski definition) is 2.